The fourth-order valence-electron chi connectivity index (χ4n) is 1.32. The van der Waals surface area contributed by atoms with Gasteiger partial charge in [0.05, 0.1) is 63.8 Å². The van der Waals surface area contributed by atoms with E-state index in [2.05, 4.69) is 10.0 Å². The number of likely N-dealkylation sites (N-methyl/N-ethyl adjacent to an activating group) is 1. The van der Waals surface area contributed by atoms with E-state index in [-0.39, 0.29) is 5.25 Å². The summed E-state index contributed by atoms with van der Waals surface area (Å²) < 4.78 is 35.7. The third-order valence-electron chi connectivity index (χ3n) is 2.53. The smallest absolute Gasteiger partial charge is 0.0942 e. The van der Waals surface area contributed by atoms with E-state index < -0.39 is 11.0 Å². The van der Waals surface area contributed by atoms with Crippen molar-refractivity contribution < 1.29 is 23.2 Å². The number of ether oxygens (including phenoxy) is 4. The molecule has 0 rings (SSSR count). The predicted octanol–water partition coefficient (Wildman–Crippen LogP) is 0.960. The van der Waals surface area contributed by atoms with Crippen LogP contribution >= 0.6 is 0 Å². The minimum Gasteiger partial charge on any atom is -0.378 e. The van der Waals surface area contributed by atoms with Crippen molar-refractivity contribution >= 4 is 11.0 Å². The van der Waals surface area contributed by atoms with Gasteiger partial charge in [-0.25, -0.2) is 8.93 Å². The van der Waals surface area contributed by atoms with E-state index in [1.807, 2.05) is 34.7 Å². The Morgan fingerprint density at radius 2 is 1.12 bits per heavy atom. The van der Waals surface area contributed by atoms with E-state index in [4.69, 9.17) is 18.9 Å². The molecule has 0 heterocycles. The highest BCUT2D eigenvalue weighted by molar-refractivity contribution is 7.83. The third kappa shape index (κ3) is 21.9. The molecule has 7 nitrogen and oxygen atoms in total. The Balaban J connectivity index is 0. The molecular weight excluding hydrogens is 332 g/mol. The Kier molecular flexibility index (Phi) is 25.0. The van der Waals surface area contributed by atoms with Crippen molar-refractivity contribution in [1.82, 2.24) is 10.0 Å². The molecule has 0 aromatic carbocycles. The second-order valence-electron chi connectivity index (χ2n) is 4.79. The van der Waals surface area contributed by atoms with Crippen molar-refractivity contribution in [3.63, 3.8) is 0 Å². The van der Waals surface area contributed by atoms with Crippen LogP contribution in [0.25, 0.3) is 0 Å². The Morgan fingerprint density at radius 3 is 1.50 bits per heavy atom. The highest BCUT2D eigenvalue weighted by atomic mass is 32.2. The summed E-state index contributed by atoms with van der Waals surface area (Å²) >= 11 is 0. The van der Waals surface area contributed by atoms with Crippen molar-refractivity contribution in [2.75, 3.05) is 73.0 Å². The first-order valence-corrected chi connectivity index (χ1v) is 9.99. The standard InChI is InChI=1S/C14H32N2O5S.C2H6/c1-14(2)22(17)16-5-7-19-9-11-21-13-12-20-10-8-18-6-4-15-3;1-2/h14-16H,4-13H2,1-3H3;1-2H3. The van der Waals surface area contributed by atoms with Crippen molar-refractivity contribution in [3.8, 4) is 0 Å². The molecule has 0 fully saturated rings. The normalized spacial score (nSPS) is 12.1. The summed E-state index contributed by atoms with van der Waals surface area (Å²) in [6.07, 6.45) is 0. The highest BCUT2D eigenvalue weighted by Crippen LogP contribution is 1.88. The maximum atomic E-state index is 11.4. The van der Waals surface area contributed by atoms with Gasteiger partial charge in [-0.3, -0.25) is 0 Å². The molecule has 1 unspecified atom stereocenters. The molecule has 0 spiro atoms. The van der Waals surface area contributed by atoms with E-state index in [1.54, 1.807) is 0 Å². The number of hydrogen-bond acceptors (Lipinski definition) is 6. The Hall–Kier alpha value is -0.0900. The molecule has 8 heteroatoms. The molecule has 0 aliphatic rings. The Bertz CT molecular complexity index is 259. The van der Waals surface area contributed by atoms with E-state index >= 15 is 0 Å². The second-order valence-corrected chi connectivity index (χ2v) is 6.62. The summed E-state index contributed by atoms with van der Waals surface area (Å²) in [5.41, 5.74) is 0. The van der Waals surface area contributed by atoms with Crippen molar-refractivity contribution in [2.45, 2.75) is 32.9 Å². The van der Waals surface area contributed by atoms with Gasteiger partial charge in [-0.05, 0) is 20.9 Å². The van der Waals surface area contributed by atoms with E-state index in [9.17, 15) is 4.21 Å². The van der Waals surface area contributed by atoms with Crippen LogP contribution in [0.5, 0.6) is 0 Å². The lowest BCUT2D eigenvalue weighted by Crippen LogP contribution is -2.27. The lowest BCUT2D eigenvalue weighted by molar-refractivity contribution is -0.000700. The van der Waals surface area contributed by atoms with Crippen LogP contribution in [0.3, 0.4) is 0 Å². The summed E-state index contributed by atoms with van der Waals surface area (Å²) in [6.45, 7) is 13.9. The molecule has 0 aromatic rings. The van der Waals surface area contributed by atoms with Crippen LogP contribution in [0.4, 0.5) is 0 Å². The molecule has 1 atom stereocenters. The monoisotopic (exact) mass is 370 g/mol. The van der Waals surface area contributed by atoms with Gasteiger partial charge < -0.3 is 24.3 Å². The predicted molar refractivity (Wildman–Crippen MR) is 99.8 cm³/mol. The van der Waals surface area contributed by atoms with Gasteiger partial charge in [-0.2, -0.15) is 0 Å². The maximum absolute atomic E-state index is 11.4. The molecule has 0 saturated carbocycles. The van der Waals surface area contributed by atoms with Crippen LogP contribution in [0.15, 0.2) is 0 Å². The summed E-state index contributed by atoms with van der Waals surface area (Å²) in [5, 5.41) is 3.13. The first-order chi connectivity index (χ1) is 11.7. The minimum absolute atomic E-state index is 0.122. The van der Waals surface area contributed by atoms with Gasteiger partial charge in [0.25, 0.3) is 0 Å². The molecule has 24 heavy (non-hydrogen) atoms. The SMILES string of the molecule is CC.CNCCOCCOCCOCCOCCNS(=O)C(C)C. The zero-order valence-corrected chi connectivity index (χ0v) is 16.9. The van der Waals surface area contributed by atoms with Crippen molar-refractivity contribution in [3.05, 3.63) is 0 Å². The summed E-state index contributed by atoms with van der Waals surface area (Å²) in [4.78, 5) is 0. The summed E-state index contributed by atoms with van der Waals surface area (Å²) in [6, 6.07) is 0. The van der Waals surface area contributed by atoms with Crippen LogP contribution in [-0.4, -0.2) is 82.5 Å². The third-order valence-corrected chi connectivity index (χ3v) is 3.88. The topological polar surface area (TPSA) is 78.1 Å². The van der Waals surface area contributed by atoms with Crippen LogP contribution in [-0.2, 0) is 29.9 Å². The first-order valence-electron chi connectivity index (χ1n) is 8.78. The average molecular weight is 371 g/mol. The lowest BCUT2D eigenvalue weighted by Gasteiger charge is -2.09. The van der Waals surface area contributed by atoms with Crippen LogP contribution in [0.1, 0.15) is 27.7 Å². The molecule has 0 amide bonds. The first kappa shape index (κ1) is 26.1. The second kappa shape index (κ2) is 22.9. The summed E-state index contributed by atoms with van der Waals surface area (Å²) in [7, 11) is 0.913. The number of hydrogen-bond donors (Lipinski definition) is 2. The van der Waals surface area contributed by atoms with Crippen molar-refractivity contribution in [1.29, 1.82) is 0 Å². The average Bonchev–Trinajstić information content (AvgIpc) is 2.59. The molecule has 0 aromatic heterocycles. The van der Waals surface area contributed by atoms with Gasteiger partial charge >= 0.3 is 0 Å². The molecule has 148 valence electrons. The molecular formula is C16H38N2O5S. The van der Waals surface area contributed by atoms with Crippen molar-refractivity contribution in [2.24, 2.45) is 0 Å². The lowest BCUT2D eigenvalue weighted by atomic mass is 10.6. The fraction of sp³-hybridized carbons (Fsp3) is 1.00. The van der Waals surface area contributed by atoms with Gasteiger partial charge in [-0.1, -0.05) is 13.8 Å². The molecule has 0 radical (unpaired) electrons. The van der Waals surface area contributed by atoms with Gasteiger partial charge in [0.1, 0.15) is 0 Å². The van der Waals surface area contributed by atoms with Crippen LogP contribution in [0, 0.1) is 0 Å². The molecule has 0 bridgehead atoms. The molecule has 0 aliphatic heterocycles. The largest absolute Gasteiger partial charge is 0.378 e. The number of rotatable bonds is 17. The quantitative estimate of drug-likeness (QED) is 0.371. The minimum atomic E-state index is -0.980. The van der Waals surface area contributed by atoms with E-state index in [1.165, 1.54) is 0 Å². The van der Waals surface area contributed by atoms with Gasteiger partial charge in [0, 0.05) is 18.3 Å². The Labute approximate surface area is 150 Å². The zero-order chi connectivity index (χ0) is 18.5. The maximum Gasteiger partial charge on any atom is 0.0942 e. The van der Waals surface area contributed by atoms with Gasteiger partial charge in [-0.15, -0.1) is 0 Å². The van der Waals surface area contributed by atoms with Crippen LogP contribution < -0.4 is 10.0 Å². The molecule has 2 N–H and O–H groups in total. The molecule has 0 aliphatic carbocycles. The van der Waals surface area contributed by atoms with Gasteiger partial charge in [0.15, 0.2) is 0 Å². The zero-order valence-electron chi connectivity index (χ0n) is 16.1. The highest BCUT2D eigenvalue weighted by Gasteiger charge is 2.02. The molecule has 0 saturated heterocycles. The van der Waals surface area contributed by atoms with E-state index in [0.717, 1.165) is 6.54 Å². The number of nitrogens with one attached hydrogen (secondary N) is 2. The van der Waals surface area contributed by atoms with Gasteiger partial charge in [0.2, 0.25) is 0 Å². The van der Waals surface area contributed by atoms with Crippen LogP contribution in [0.2, 0.25) is 0 Å². The Morgan fingerprint density at radius 1 is 0.750 bits per heavy atom. The summed E-state index contributed by atoms with van der Waals surface area (Å²) in [5.74, 6) is 0. The van der Waals surface area contributed by atoms with E-state index in [0.29, 0.717) is 59.4 Å². The fourth-order valence-corrected chi connectivity index (χ4v) is 1.93.